The number of carbonyl (C=O) groups excluding carboxylic acids is 2. The van der Waals surface area contributed by atoms with Crippen LogP contribution < -0.4 is 10.8 Å². The van der Waals surface area contributed by atoms with Gasteiger partial charge in [-0.25, -0.2) is 14.3 Å². The molecular formula is C21H18F2N2O3. The van der Waals surface area contributed by atoms with Crippen LogP contribution in [0.15, 0.2) is 48.5 Å². The van der Waals surface area contributed by atoms with Crippen LogP contribution in [0.3, 0.4) is 0 Å². The van der Waals surface area contributed by atoms with E-state index in [4.69, 9.17) is 5.21 Å². The molecule has 0 aromatic heterocycles. The molecule has 28 heavy (non-hydrogen) atoms. The summed E-state index contributed by atoms with van der Waals surface area (Å²) in [6, 6.07) is 10.3. The predicted molar refractivity (Wildman–Crippen MR) is 101 cm³/mol. The van der Waals surface area contributed by atoms with Crippen LogP contribution in [0.1, 0.15) is 29.5 Å². The quantitative estimate of drug-likeness (QED) is 0.310. The SMILES string of the molecule is O=C(/C=C/c1ccc(/C=C(\C(=O)NC2CC2)c2ccc(F)c(F)c2)cc1)NO. The molecule has 0 spiro atoms. The lowest BCUT2D eigenvalue weighted by Gasteiger charge is -2.10. The van der Waals surface area contributed by atoms with Gasteiger partial charge in [0.25, 0.3) is 11.8 Å². The molecule has 144 valence electrons. The van der Waals surface area contributed by atoms with Crippen LogP contribution in [0.4, 0.5) is 8.78 Å². The third-order valence-electron chi connectivity index (χ3n) is 4.17. The fourth-order valence-electron chi connectivity index (χ4n) is 2.51. The summed E-state index contributed by atoms with van der Waals surface area (Å²) in [5.74, 6) is -3.00. The van der Waals surface area contributed by atoms with Gasteiger partial charge in [-0.15, -0.1) is 0 Å². The van der Waals surface area contributed by atoms with Gasteiger partial charge in [0.05, 0.1) is 0 Å². The Labute approximate surface area is 160 Å². The first kappa shape index (κ1) is 19.4. The second kappa shape index (κ2) is 8.58. The molecule has 7 heteroatoms. The molecule has 0 unspecified atom stereocenters. The standard InChI is InChI=1S/C21H18F2N2O3/c22-18-9-6-15(12-19(18)23)17(21(27)24-16-7-8-16)11-14-3-1-13(2-4-14)5-10-20(26)25-28/h1-6,9-12,16,28H,7-8H2,(H,24,27)(H,25,26)/b10-5+,17-11-. The van der Waals surface area contributed by atoms with Crippen molar-refractivity contribution < 1.29 is 23.6 Å². The van der Waals surface area contributed by atoms with E-state index in [0.717, 1.165) is 25.0 Å². The van der Waals surface area contributed by atoms with Gasteiger partial charge in [0.2, 0.25) is 0 Å². The minimum absolute atomic E-state index is 0.117. The smallest absolute Gasteiger partial charge is 0.267 e. The maximum absolute atomic E-state index is 13.7. The maximum atomic E-state index is 13.7. The first-order chi connectivity index (χ1) is 13.5. The van der Waals surface area contributed by atoms with Crippen molar-refractivity contribution in [2.24, 2.45) is 0 Å². The first-order valence-electron chi connectivity index (χ1n) is 8.66. The highest BCUT2D eigenvalue weighted by molar-refractivity contribution is 6.24. The van der Waals surface area contributed by atoms with Crippen molar-refractivity contribution in [1.82, 2.24) is 10.8 Å². The molecule has 2 aromatic rings. The van der Waals surface area contributed by atoms with Gasteiger partial charge in [0, 0.05) is 17.7 Å². The lowest BCUT2D eigenvalue weighted by Crippen LogP contribution is -2.26. The molecule has 1 saturated carbocycles. The summed E-state index contributed by atoms with van der Waals surface area (Å²) in [7, 11) is 0. The van der Waals surface area contributed by atoms with Crippen molar-refractivity contribution in [3.05, 3.63) is 76.9 Å². The van der Waals surface area contributed by atoms with Crippen molar-refractivity contribution >= 4 is 29.5 Å². The van der Waals surface area contributed by atoms with Crippen molar-refractivity contribution in [2.75, 3.05) is 0 Å². The van der Waals surface area contributed by atoms with Crippen molar-refractivity contribution in [1.29, 1.82) is 0 Å². The highest BCUT2D eigenvalue weighted by Crippen LogP contribution is 2.24. The van der Waals surface area contributed by atoms with Crippen LogP contribution >= 0.6 is 0 Å². The molecule has 0 radical (unpaired) electrons. The van der Waals surface area contributed by atoms with Crippen molar-refractivity contribution in [3.8, 4) is 0 Å². The van der Waals surface area contributed by atoms with Crippen LogP contribution in [-0.4, -0.2) is 23.1 Å². The number of halogens is 2. The molecule has 1 aliphatic carbocycles. The second-order valence-electron chi connectivity index (χ2n) is 6.41. The van der Waals surface area contributed by atoms with Gasteiger partial charge in [-0.05, 0) is 53.8 Å². The highest BCUT2D eigenvalue weighted by Gasteiger charge is 2.25. The number of hydroxylamine groups is 1. The summed E-state index contributed by atoms with van der Waals surface area (Å²) in [5, 5.41) is 11.3. The summed E-state index contributed by atoms with van der Waals surface area (Å²) in [4.78, 5) is 23.6. The molecule has 0 aliphatic heterocycles. The maximum Gasteiger partial charge on any atom is 0.267 e. The molecule has 3 N–H and O–H groups in total. The van der Waals surface area contributed by atoms with E-state index >= 15 is 0 Å². The average Bonchev–Trinajstić information content (AvgIpc) is 3.51. The molecule has 2 amide bonds. The lowest BCUT2D eigenvalue weighted by molar-refractivity contribution is -0.124. The van der Waals surface area contributed by atoms with Crippen LogP contribution in [-0.2, 0) is 9.59 Å². The Bertz CT molecular complexity index is 949. The average molecular weight is 384 g/mol. The summed E-state index contributed by atoms with van der Waals surface area (Å²) in [6.45, 7) is 0. The van der Waals surface area contributed by atoms with Crippen LogP contribution in [0.2, 0.25) is 0 Å². The largest absolute Gasteiger partial charge is 0.349 e. The number of benzene rings is 2. The monoisotopic (exact) mass is 384 g/mol. The Morgan fingerprint density at radius 2 is 1.68 bits per heavy atom. The Hall–Kier alpha value is -3.32. The number of rotatable bonds is 6. The van der Waals surface area contributed by atoms with Gasteiger partial charge in [0.1, 0.15) is 0 Å². The minimum Gasteiger partial charge on any atom is -0.349 e. The van der Waals surface area contributed by atoms with E-state index in [0.29, 0.717) is 11.1 Å². The minimum atomic E-state index is -1.02. The molecule has 1 aliphatic rings. The Kier molecular flexibility index (Phi) is 5.96. The number of hydrogen-bond acceptors (Lipinski definition) is 3. The van der Waals surface area contributed by atoms with E-state index in [1.165, 1.54) is 23.7 Å². The zero-order valence-corrected chi connectivity index (χ0v) is 14.8. The number of amides is 2. The van der Waals surface area contributed by atoms with E-state index in [2.05, 4.69) is 5.32 Å². The molecule has 0 atom stereocenters. The lowest BCUT2D eigenvalue weighted by atomic mass is 10.0. The zero-order valence-electron chi connectivity index (χ0n) is 14.8. The number of carbonyl (C=O) groups is 2. The Balaban J connectivity index is 1.89. The Morgan fingerprint density at radius 1 is 1.00 bits per heavy atom. The molecule has 0 bridgehead atoms. The summed E-state index contributed by atoms with van der Waals surface area (Å²) >= 11 is 0. The number of nitrogens with one attached hydrogen (secondary N) is 2. The van der Waals surface area contributed by atoms with E-state index in [1.807, 2.05) is 0 Å². The molecule has 3 rings (SSSR count). The van der Waals surface area contributed by atoms with Crippen LogP contribution in [0.5, 0.6) is 0 Å². The second-order valence-corrected chi connectivity index (χ2v) is 6.41. The molecule has 0 saturated heterocycles. The summed E-state index contributed by atoms with van der Waals surface area (Å²) in [5.41, 5.74) is 3.39. The molecular weight excluding hydrogens is 366 g/mol. The molecule has 1 fully saturated rings. The van der Waals surface area contributed by atoms with Crippen LogP contribution in [0, 0.1) is 11.6 Å². The normalized spacial score (nSPS) is 14.2. The van der Waals surface area contributed by atoms with Crippen LogP contribution in [0.25, 0.3) is 17.7 Å². The van der Waals surface area contributed by atoms with E-state index in [9.17, 15) is 18.4 Å². The summed E-state index contributed by atoms with van der Waals surface area (Å²) in [6.07, 6.45) is 6.08. The van der Waals surface area contributed by atoms with E-state index in [1.54, 1.807) is 30.3 Å². The third kappa shape index (κ3) is 5.11. The fraction of sp³-hybridized carbons (Fsp3) is 0.143. The van der Waals surface area contributed by atoms with Gasteiger partial charge in [0.15, 0.2) is 11.6 Å². The van der Waals surface area contributed by atoms with Gasteiger partial charge >= 0.3 is 0 Å². The summed E-state index contributed by atoms with van der Waals surface area (Å²) < 4.78 is 26.9. The van der Waals surface area contributed by atoms with E-state index in [-0.39, 0.29) is 23.1 Å². The van der Waals surface area contributed by atoms with Gasteiger partial charge in [-0.1, -0.05) is 30.3 Å². The van der Waals surface area contributed by atoms with Gasteiger partial charge in [-0.3, -0.25) is 14.8 Å². The van der Waals surface area contributed by atoms with E-state index < -0.39 is 17.5 Å². The van der Waals surface area contributed by atoms with Crippen molar-refractivity contribution in [3.63, 3.8) is 0 Å². The predicted octanol–water partition coefficient (Wildman–Crippen LogP) is 3.30. The van der Waals surface area contributed by atoms with Gasteiger partial charge in [-0.2, -0.15) is 0 Å². The zero-order chi connectivity index (χ0) is 20.1. The third-order valence-corrected chi connectivity index (χ3v) is 4.17. The molecule has 2 aromatic carbocycles. The van der Waals surface area contributed by atoms with Gasteiger partial charge < -0.3 is 5.32 Å². The topological polar surface area (TPSA) is 78.4 Å². The first-order valence-corrected chi connectivity index (χ1v) is 8.66. The highest BCUT2D eigenvalue weighted by atomic mass is 19.2. The molecule has 5 nitrogen and oxygen atoms in total. The number of hydrogen-bond donors (Lipinski definition) is 3. The van der Waals surface area contributed by atoms with Crippen molar-refractivity contribution in [2.45, 2.75) is 18.9 Å². The Morgan fingerprint density at radius 3 is 2.29 bits per heavy atom. The fourth-order valence-corrected chi connectivity index (χ4v) is 2.51. The molecule has 0 heterocycles.